The Bertz CT molecular complexity index is 3130. The molecule has 0 aliphatic heterocycles. The summed E-state index contributed by atoms with van der Waals surface area (Å²) in [6.07, 6.45) is 0. The van der Waals surface area contributed by atoms with Gasteiger partial charge in [-0.25, -0.2) is 0 Å². The summed E-state index contributed by atoms with van der Waals surface area (Å²) in [5.41, 5.74) is 13.4. The van der Waals surface area contributed by atoms with Crippen molar-refractivity contribution in [3.63, 3.8) is 0 Å². The molecular formula is C48H30N2O. The van der Waals surface area contributed by atoms with Crippen LogP contribution in [0.25, 0.3) is 99.2 Å². The zero-order valence-electron chi connectivity index (χ0n) is 27.6. The number of hydrogen-bond acceptors (Lipinski definition) is 1. The summed E-state index contributed by atoms with van der Waals surface area (Å²) < 4.78 is 11.4. The number of nitrogens with zero attached hydrogens (tertiary/aromatic N) is 2. The van der Waals surface area contributed by atoms with E-state index in [9.17, 15) is 0 Å². The Balaban J connectivity index is 1.28. The number of para-hydroxylation sites is 5. The molecule has 3 heteroatoms. The Morgan fingerprint density at radius 1 is 0.373 bits per heavy atom. The monoisotopic (exact) mass is 650 g/mol. The van der Waals surface area contributed by atoms with E-state index in [-0.39, 0.29) is 0 Å². The summed E-state index contributed by atoms with van der Waals surface area (Å²) in [4.78, 5) is 0. The first kappa shape index (κ1) is 28.0. The van der Waals surface area contributed by atoms with Crippen molar-refractivity contribution < 1.29 is 4.42 Å². The van der Waals surface area contributed by atoms with Crippen molar-refractivity contribution >= 4 is 65.6 Å². The molecule has 0 amide bonds. The van der Waals surface area contributed by atoms with Gasteiger partial charge in [-0.1, -0.05) is 133 Å². The van der Waals surface area contributed by atoms with E-state index in [1.807, 2.05) is 6.07 Å². The van der Waals surface area contributed by atoms with Gasteiger partial charge in [-0.15, -0.1) is 0 Å². The molecule has 8 aromatic carbocycles. The van der Waals surface area contributed by atoms with Gasteiger partial charge in [-0.2, -0.15) is 0 Å². The predicted molar refractivity (Wildman–Crippen MR) is 213 cm³/mol. The van der Waals surface area contributed by atoms with Gasteiger partial charge < -0.3 is 13.6 Å². The lowest BCUT2D eigenvalue weighted by atomic mass is 9.90. The highest BCUT2D eigenvalue weighted by atomic mass is 16.3. The van der Waals surface area contributed by atoms with Crippen molar-refractivity contribution in [1.29, 1.82) is 0 Å². The van der Waals surface area contributed by atoms with E-state index in [0.29, 0.717) is 0 Å². The van der Waals surface area contributed by atoms with E-state index in [1.54, 1.807) is 0 Å². The van der Waals surface area contributed by atoms with Crippen LogP contribution >= 0.6 is 0 Å². The number of benzene rings is 8. The maximum absolute atomic E-state index is 6.62. The van der Waals surface area contributed by atoms with E-state index in [1.165, 1.54) is 54.8 Å². The third-order valence-corrected chi connectivity index (χ3v) is 10.5. The summed E-state index contributed by atoms with van der Waals surface area (Å²) in [5.74, 6) is 0. The van der Waals surface area contributed by atoms with E-state index in [0.717, 1.165) is 44.3 Å². The molecule has 0 unspecified atom stereocenters. The molecule has 0 atom stereocenters. The van der Waals surface area contributed by atoms with Crippen LogP contribution in [0.1, 0.15) is 0 Å². The number of aromatic nitrogens is 2. The molecule has 3 nitrogen and oxygen atoms in total. The van der Waals surface area contributed by atoms with E-state index in [2.05, 4.69) is 185 Å². The van der Waals surface area contributed by atoms with E-state index < -0.39 is 0 Å². The molecule has 0 saturated carbocycles. The standard InChI is InChI=1S/C48H30N2O/c1-3-14-31(15-4-1)34-28-29-42-47(39-20-8-11-23-41(39)49(42)33-16-5-2-6-17-33)46(34)32-26-27-36-35-18-7-10-22-40(35)50(44(36)30-32)43-24-13-21-38-37-19-9-12-25-45(37)51-48(38)43/h1-30H. The van der Waals surface area contributed by atoms with Crippen LogP contribution in [0.3, 0.4) is 0 Å². The van der Waals surface area contributed by atoms with Crippen LogP contribution in [-0.2, 0) is 0 Å². The highest BCUT2D eigenvalue weighted by molar-refractivity contribution is 6.20. The highest BCUT2D eigenvalue weighted by Gasteiger charge is 2.22. The molecule has 0 saturated heterocycles. The fourth-order valence-corrected chi connectivity index (χ4v) is 8.37. The Morgan fingerprint density at radius 3 is 1.84 bits per heavy atom. The smallest absolute Gasteiger partial charge is 0.159 e. The first-order chi connectivity index (χ1) is 25.3. The summed E-state index contributed by atoms with van der Waals surface area (Å²) in [5, 5.41) is 7.16. The molecule has 0 aliphatic rings. The van der Waals surface area contributed by atoms with Gasteiger partial charge in [0, 0.05) is 38.0 Å². The molecule has 3 heterocycles. The summed E-state index contributed by atoms with van der Waals surface area (Å²) >= 11 is 0. The zero-order valence-corrected chi connectivity index (χ0v) is 27.6. The second-order valence-electron chi connectivity index (χ2n) is 13.3. The molecule has 0 N–H and O–H groups in total. The molecule has 11 rings (SSSR count). The maximum Gasteiger partial charge on any atom is 0.159 e. The topological polar surface area (TPSA) is 23.0 Å². The first-order valence-electron chi connectivity index (χ1n) is 17.4. The van der Waals surface area contributed by atoms with Crippen molar-refractivity contribution in [2.24, 2.45) is 0 Å². The minimum absolute atomic E-state index is 0.893. The molecule has 11 aromatic rings. The number of fused-ring (bicyclic) bond motifs is 9. The van der Waals surface area contributed by atoms with Crippen LogP contribution in [-0.4, -0.2) is 9.13 Å². The third kappa shape index (κ3) is 4.06. The van der Waals surface area contributed by atoms with Gasteiger partial charge >= 0.3 is 0 Å². The lowest BCUT2D eigenvalue weighted by Crippen LogP contribution is -1.95. The Labute approximate surface area is 293 Å². The predicted octanol–water partition coefficient (Wildman–Crippen LogP) is 13.1. The van der Waals surface area contributed by atoms with Gasteiger partial charge in [0.2, 0.25) is 0 Å². The minimum atomic E-state index is 0.893. The van der Waals surface area contributed by atoms with Crippen molar-refractivity contribution in [3.8, 4) is 33.6 Å². The second kappa shape index (κ2) is 10.8. The lowest BCUT2D eigenvalue weighted by Gasteiger charge is -2.15. The molecule has 0 spiro atoms. The molecule has 0 bridgehead atoms. The van der Waals surface area contributed by atoms with Gasteiger partial charge in [-0.3, -0.25) is 0 Å². The van der Waals surface area contributed by atoms with Crippen LogP contribution in [0.5, 0.6) is 0 Å². The Morgan fingerprint density at radius 2 is 1.02 bits per heavy atom. The van der Waals surface area contributed by atoms with Crippen molar-refractivity contribution in [2.75, 3.05) is 0 Å². The molecule has 0 radical (unpaired) electrons. The van der Waals surface area contributed by atoms with Crippen LogP contribution in [0.4, 0.5) is 0 Å². The van der Waals surface area contributed by atoms with Crippen LogP contribution in [0.15, 0.2) is 186 Å². The zero-order chi connectivity index (χ0) is 33.5. The molecule has 0 aliphatic carbocycles. The van der Waals surface area contributed by atoms with Gasteiger partial charge in [0.1, 0.15) is 5.58 Å². The summed E-state index contributed by atoms with van der Waals surface area (Å²) in [6.45, 7) is 0. The molecular weight excluding hydrogens is 621 g/mol. The third-order valence-electron chi connectivity index (χ3n) is 10.5. The van der Waals surface area contributed by atoms with Crippen molar-refractivity contribution in [2.45, 2.75) is 0 Å². The SMILES string of the molecule is c1ccc(-c2ccc3c(c2-c2ccc4c5ccccc5n(-c5cccc6c5oc5ccccc56)c4c2)c2ccccc2n3-c2ccccc2)cc1. The fourth-order valence-electron chi connectivity index (χ4n) is 8.37. The first-order valence-corrected chi connectivity index (χ1v) is 17.4. The van der Waals surface area contributed by atoms with Gasteiger partial charge in [0.15, 0.2) is 5.58 Å². The fraction of sp³-hybridized carbons (Fsp3) is 0. The second-order valence-corrected chi connectivity index (χ2v) is 13.3. The molecule has 51 heavy (non-hydrogen) atoms. The maximum atomic E-state index is 6.62. The van der Waals surface area contributed by atoms with Gasteiger partial charge in [0.25, 0.3) is 0 Å². The summed E-state index contributed by atoms with van der Waals surface area (Å²) in [6, 6.07) is 65.5. The number of rotatable bonds is 4. The van der Waals surface area contributed by atoms with Crippen LogP contribution < -0.4 is 0 Å². The van der Waals surface area contributed by atoms with Crippen molar-refractivity contribution in [1.82, 2.24) is 9.13 Å². The van der Waals surface area contributed by atoms with E-state index in [4.69, 9.17) is 4.42 Å². The quantitative estimate of drug-likeness (QED) is 0.186. The summed E-state index contributed by atoms with van der Waals surface area (Å²) in [7, 11) is 0. The Hall–Kier alpha value is -6.84. The van der Waals surface area contributed by atoms with E-state index >= 15 is 0 Å². The van der Waals surface area contributed by atoms with Gasteiger partial charge in [-0.05, 0) is 70.8 Å². The largest absolute Gasteiger partial charge is 0.454 e. The molecule has 0 fully saturated rings. The Kier molecular flexibility index (Phi) is 5.96. The van der Waals surface area contributed by atoms with Crippen LogP contribution in [0.2, 0.25) is 0 Å². The number of hydrogen-bond donors (Lipinski definition) is 0. The van der Waals surface area contributed by atoms with Crippen LogP contribution in [0, 0.1) is 0 Å². The molecule has 238 valence electrons. The number of furan rings is 1. The van der Waals surface area contributed by atoms with Crippen molar-refractivity contribution in [3.05, 3.63) is 182 Å². The highest BCUT2D eigenvalue weighted by Crippen LogP contribution is 2.46. The minimum Gasteiger partial charge on any atom is -0.454 e. The average Bonchev–Trinajstić information content (AvgIpc) is 3.86. The normalized spacial score (nSPS) is 11.9. The van der Waals surface area contributed by atoms with Gasteiger partial charge in [0.05, 0.1) is 27.8 Å². The molecule has 3 aromatic heterocycles. The lowest BCUT2D eigenvalue weighted by molar-refractivity contribution is 0.666. The average molecular weight is 651 g/mol.